The number of benzene rings is 1. The van der Waals surface area contributed by atoms with E-state index in [1.165, 1.54) is 12.1 Å². The molecule has 0 aliphatic carbocycles. The number of halogens is 1. The van der Waals surface area contributed by atoms with Gasteiger partial charge < -0.3 is 4.57 Å². The molecule has 2 nitrogen and oxygen atoms in total. The summed E-state index contributed by atoms with van der Waals surface area (Å²) in [6.07, 6.45) is 6.33. The Kier molecular flexibility index (Phi) is 2.42. The van der Waals surface area contributed by atoms with Crippen molar-refractivity contribution >= 4 is 11.0 Å². The van der Waals surface area contributed by atoms with Gasteiger partial charge in [0.2, 0.25) is 0 Å². The lowest BCUT2D eigenvalue weighted by Gasteiger charge is -2.02. The molecule has 0 saturated heterocycles. The van der Waals surface area contributed by atoms with Crippen LogP contribution in [-0.4, -0.2) is 9.55 Å². The molecular weight excluding hydrogens is 191 g/mol. The fraction of sp³-hybridized carbons (Fsp3) is 0.250. The van der Waals surface area contributed by atoms with Gasteiger partial charge >= 0.3 is 0 Å². The molecule has 0 spiro atoms. The third kappa shape index (κ3) is 1.59. The van der Waals surface area contributed by atoms with Gasteiger partial charge in [0.15, 0.2) is 5.82 Å². The Morgan fingerprint density at radius 1 is 1.53 bits per heavy atom. The zero-order valence-corrected chi connectivity index (χ0v) is 8.50. The second-order valence-corrected chi connectivity index (χ2v) is 3.36. The standard InChI is InChI=1S/C12H11FN2/c1-3-7-15-11-6-5-9(13)8-10(11)14-12(15)4-2/h2,5-6,8H,3,7H2,1H3. The number of terminal acetylenes is 1. The van der Waals surface area contributed by atoms with Gasteiger partial charge in [-0.2, -0.15) is 0 Å². The summed E-state index contributed by atoms with van der Waals surface area (Å²) >= 11 is 0. The van der Waals surface area contributed by atoms with Gasteiger partial charge in [-0.05, 0) is 24.5 Å². The molecule has 1 aromatic heterocycles. The molecule has 0 unspecified atom stereocenters. The normalized spacial score (nSPS) is 10.5. The van der Waals surface area contributed by atoms with Crippen LogP contribution < -0.4 is 0 Å². The van der Waals surface area contributed by atoms with E-state index in [4.69, 9.17) is 6.42 Å². The van der Waals surface area contributed by atoms with Gasteiger partial charge in [0, 0.05) is 12.6 Å². The summed E-state index contributed by atoms with van der Waals surface area (Å²) in [7, 11) is 0. The minimum atomic E-state index is -0.285. The zero-order valence-electron chi connectivity index (χ0n) is 8.50. The van der Waals surface area contributed by atoms with Crippen LogP contribution in [0.2, 0.25) is 0 Å². The Bertz CT molecular complexity index is 534. The number of hydrogen-bond acceptors (Lipinski definition) is 1. The van der Waals surface area contributed by atoms with Crippen molar-refractivity contribution in [2.45, 2.75) is 19.9 Å². The second-order valence-electron chi connectivity index (χ2n) is 3.36. The maximum Gasteiger partial charge on any atom is 0.186 e. The smallest absolute Gasteiger partial charge is 0.186 e. The predicted molar refractivity (Wildman–Crippen MR) is 57.9 cm³/mol. The largest absolute Gasteiger partial charge is 0.317 e. The summed E-state index contributed by atoms with van der Waals surface area (Å²) in [4.78, 5) is 4.20. The molecule has 0 radical (unpaired) electrons. The van der Waals surface area contributed by atoms with Crippen molar-refractivity contribution in [3.63, 3.8) is 0 Å². The fourth-order valence-electron chi connectivity index (χ4n) is 1.66. The highest BCUT2D eigenvalue weighted by Gasteiger charge is 2.08. The summed E-state index contributed by atoms with van der Waals surface area (Å²) in [5.74, 6) is 2.80. The first-order chi connectivity index (χ1) is 7.26. The van der Waals surface area contributed by atoms with Crippen molar-refractivity contribution in [1.29, 1.82) is 0 Å². The number of rotatable bonds is 2. The topological polar surface area (TPSA) is 17.8 Å². The third-order valence-electron chi connectivity index (χ3n) is 2.29. The van der Waals surface area contributed by atoms with Crippen LogP contribution in [0.3, 0.4) is 0 Å². The number of hydrogen-bond donors (Lipinski definition) is 0. The minimum Gasteiger partial charge on any atom is -0.317 e. The molecule has 2 aromatic rings. The van der Waals surface area contributed by atoms with Crippen LogP contribution in [-0.2, 0) is 6.54 Å². The molecule has 1 heterocycles. The van der Waals surface area contributed by atoms with Crippen molar-refractivity contribution < 1.29 is 4.39 Å². The molecule has 0 fully saturated rings. The molecule has 1 aromatic carbocycles. The molecule has 0 aliphatic heterocycles. The van der Waals surface area contributed by atoms with Gasteiger partial charge in [-0.25, -0.2) is 9.37 Å². The van der Waals surface area contributed by atoms with Crippen molar-refractivity contribution in [3.8, 4) is 12.3 Å². The molecule has 0 atom stereocenters. The van der Waals surface area contributed by atoms with E-state index in [2.05, 4.69) is 17.8 Å². The molecule has 0 bridgehead atoms. The van der Waals surface area contributed by atoms with E-state index in [1.54, 1.807) is 6.07 Å². The molecule has 0 aliphatic rings. The quantitative estimate of drug-likeness (QED) is 0.684. The Balaban J connectivity index is 2.70. The van der Waals surface area contributed by atoms with Gasteiger partial charge in [-0.3, -0.25) is 0 Å². The van der Waals surface area contributed by atoms with E-state index >= 15 is 0 Å². The highest BCUT2D eigenvalue weighted by molar-refractivity contribution is 5.76. The van der Waals surface area contributed by atoms with Crippen molar-refractivity contribution in [2.75, 3.05) is 0 Å². The zero-order chi connectivity index (χ0) is 10.8. The van der Waals surface area contributed by atoms with Gasteiger partial charge in [-0.15, -0.1) is 6.42 Å². The van der Waals surface area contributed by atoms with Crippen LogP contribution in [0.4, 0.5) is 4.39 Å². The third-order valence-corrected chi connectivity index (χ3v) is 2.29. The fourth-order valence-corrected chi connectivity index (χ4v) is 1.66. The maximum atomic E-state index is 13.0. The van der Waals surface area contributed by atoms with Crippen LogP contribution in [0.25, 0.3) is 11.0 Å². The van der Waals surface area contributed by atoms with E-state index in [-0.39, 0.29) is 5.82 Å². The van der Waals surface area contributed by atoms with Crippen LogP contribution in [0.15, 0.2) is 18.2 Å². The summed E-state index contributed by atoms with van der Waals surface area (Å²) < 4.78 is 14.9. The monoisotopic (exact) mass is 202 g/mol. The second kappa shape index (κ2) is 3.74. The number of aryl methyl sites for hydroxylation is 1. The van der Waals surface area contributed by atoms with Gasteiger partial charge in [0.05, 0.1) is 11.0 Å². The lowest BCUT2D eigenvalue weighted by Crippen LogP contribution is -1.99. The summed E-state index contributed by atoms with van der Waals surface area (Å²) in [5.41, 5.74) is 1.52. The molecule has 0 N–H and O–H groups in total. The molecule has 3 heteroatoms. The maximum absolute atomic E-state index is 13.0. The van der Waals surface area contributed by atoms with Crippen molar-refractivity contribution in [3.05, 3.63) is 29.8 Å². The minimum absolute atomic E-state index is 0.285. The van der Waals surface area contributed by atoms with Crippen LogP contribution >= 0.6 is 0 Å². The molecule has 2 rings (SSSR count). The number of nitrogens with zero attached hydrogens (tertiary/aromatic N) is 2. The van der Waals surface area contributed by atoms with Crippen LogP contribution in [0.1, 0.15) is 19.2 Å². The Morgan fingerprint density at radius 2 is 2.33 bits per heavy atom. The Hall–Kier alpha value is -1.82. The number of fused-ring (bicyclic) bond motifs is 1. The molecule has 0 amide bonds. The van der Waals surface area contributed by atoms with E-state index < -0.39 is 0 Å². The predicted octanol–water partition coefficient (Wildman–Crippen LogP) is 2.57. The van der Waals surface area contributed by atoms with E-state index in [9.17, 15) is 4.39 Å². The first kappa shape index (κ1) is 9.72. The van der Waals surface area contributed by atoms with Gasteiger partial charge in [-0.1, -0.05) is 6.92 Å². The van der Waals surface area contributed by atoms with Gasteiger partial charge in [0.25, 0.3) is 0 Å². The van der Waals surface area contributed by atoms with Crippen molar-refractivity contribution in [2.24, 2.45) is 0 Å². The first-order valence-corrected chi connectivity index (χ1v) is 4.88. The average molecular weight is 202 g/mol. The van der Waals surface area contributed by atoms with Crippen LogP contribution in [0.5, 0.6) is 0 Å². The Morgan fingerprint density at radius 3 is 3.00 bits per heavy atom. The lowest BCUT2D eigenvalue weighted by atomic mass is 10.3. The number of imidazole rings is 1. The van der Waals surface area contributed by atoms with E-state index in [0.717, 1.165) is 18.5 Å². The number of aromatic nitrogens is 2. The van der Waals surface area contributed by atoms with E-state index in [0.29, 0.717) is 11.3 Å². The lowest BCUT2D eigenvalue weighted by molar-refractivity contribution is 0.629. The molecule has 15 heavy (non-hydrogen) atoms. The summed E-state index contributed by atoms with van der Waals surface area (Å²) in [6.45, 7) is 2.87. The molecule has 76 valence electrons. The first-order valence-electron chi connectivity index (χ1n) is 4.88. The SMILES string of the molecule is C#Cc1nc2cc(F)ccc2n1CCC. The highest BCUT2D eigenvalue weighted by Crippen LogP contribution is 2.17. The molecule has 0 saturated carbocycles. The highest BCUT2D eigenvalue weighted by atomic mass is 19.1. The Labute approximate surface area is 87.7 Å². The van der Waals surface area contributed by atoms with Gasteiger partial charge in [0.1, 0.15) is 5.82 Å². The van der Waals surface area contributed by atoms with Crippen LogP contribution in [0, 0.1) is 18.2 Å². The molecular formula is C12H11FN2. The summed E-state index contributed by atoms with van der Waals surface area (Å²) in [5, 5.41) is 0. The van der Waals surface area contributed by atoms with Crippen molar-refractivity contribution in [1.82, 2.24) is 9.55 Å². The summed E-state index contributed by atoms with van der Waals surface area (Å²) in [6, 6.07) is 4.55. The average Bonchev–Trinajstić information content (AvgIpc) is 2.56. The van der Waals surface area contributed by atoms with E-state index in [1.807, 2.05) is 4.57 Å².